The van der Waals surface area contributed by atoms with Gasteiger partial charge in [-0.2, -0.15) is 0 Å². The van der Waals surface area contributed by atoms with E-state index in [4.69, 9.17) is 9.47 Å². The summed E-state index contributed by atoms with van der Waals surface area (Å²) in [6.07, 6.45) is 2.80. The molecule has 7 nitrogen and oxygen atoms in total. The lowest BCUT2D eigenvalue weighted by molar-refractivity contribution is -0.157. The Labute approximate surface area is 215 Å². The van der Waals surface area contributed by atoms with Crippen LogP contribution in [-0.2, 0) is 16.1 Å². The zero-order valence-corrected chi connectivity index (χ0v) is 22.2. The number of Topliss-reactive ketones (excluding diaryl/α,β-unsaturated/α-hetero) is 1. The van der Waals surface area contributed by atoms with Gasteiger partial charge in [-0.05, 0) is 51.7 Å². The summed E-state index contributed by atoms with van der Waals surface area (Å²) in [7, 11) is 0. The molecule has 9 heteroatoms. The van der Waals surface area contributed by atoms with E-state index in [9.17, 15) is 23.5 Å². The Kier molecular flexibility index (Phi) is 8.25. The summed E-state index contributed by atoms with van der Waals surface area (Å²) in [6, 6.07) is 4.80. The number of benzene rings is 1. The number of aromatic nitrogens is 2. The van der Waals surface area contributed by atoms with E-state index in [1.165, 1.54) is 22.7 Å². The van der Waals surface area contributed by atoms with Gasteiger partial charge in [0.25, 0.3) is 0 Å². The van der Waals surface area contributed by atoms with E-state index < -0.39 is 29.3 Å². The van der Waals surface area contributed by atoms with E-state index in [2.05, 4.69) is 4.98 Å². The Bertz CT molecular complexity index is 1290. The summed E-state index contributed by atoms with van der Waals surface area (Å²) >= 11 is 0. The lowest BCUT2D eigenvalue weighted by Gasteiger charge is -2.29. The molecule has 0 saturated heterocycles. The fraction of sp³-hybridized carbons (Fsp3) is 0.464. The number of nitrogens with zero attached hydrogens (tertiary/aromatic N) is 2. The van der Waals surface area contributed by atoms with Gasteiger partial charge >= 0.3 is 5.97 Å². The highest BCUT2D eigenvalue weighted by Gasteiger charge is 2.30. The van der Waals surface area contributed by atoms with Gasteiger partial charge in [0, 0.05) is 12.5 Å². The molecule has 3 rings (SSSR count). The summed E-state index contributed by atoms with van der Waals surface area (Å²) in [5.41, 5.74) is -0.358. The number of hydrogen-bond acceptors (Lipinski definition) is 6. The van der Waals surface area contributed by atoms with Crippen LogP contribution in [-0.4, -0.2) is 31.8 Å². The number of ketones is 1. The fourth-order valence-corrected chi connectivity index (χ4v) is 4.13. The highest BCUT2D eigenvalue weighted by molar-refractivity contribution is 5.96. The van der Waals surface area contributed by atoms with Crippen molar-refractivity contribution in [2.24, 2.45) is 5.41 Å². The van der Waals surface area contributed by atoms with Gasteiger partial charge < -0.3 is 14.6 Å². The van der Waals surface area contributed by atoms with Gasteiger partial charge in [-0.15, -0.1) is 0 Å². The number of ether oxygens (including phenoxy) is 2. The largest absolute Gasteiger partial charge is 0.506 e. The summed E-state index contributed by atoms with van der Waals surface area (Å²) < 4.78 is 40.6. The minimum Gasteiger partial charge on any atom is -0.506 e. The van der Waals surface area contributed by atoms with Crippen LogP contribution in [0.15, 0.2) is 30.5 Å². The monoisotopic (exact) mass is 516 g/mol. The van der Waals surface area contributed by atoms with E-state index >= 15 is 0 Å². The number of imidazole rings is 1. The predicted octanol–water partition coefficient (Wildman–Crippen LogP) is 6.32. The maximum Gasteiger partial charge on any atom is 0.306 e. The van der Waals surface area contributed by atoms with Gasteiger partial charge in [0.1, 0.15) is 35.3 Å². The lowest BCUT2D eigenvalue weighted by Crippen LogP contribution is -2.29. The molecule has 1 aromatic carbocycles. The Morgan fingerprint density at radius 2 is 1.78 bits per heavy atom. The summed E-state index contributed by atoms with van der Waals surface area (Å²) in [6.45, 7) is 10.6. The van der Waals surface area contributed by atoms with Crippen molar-refractivity contribution in [1.82, 2.24) is 9.38 Å². The molecule has 1 atom stereocenters. The smallest absolute Gasteiger partial charge is 0.306 e. The van der Waals surface area contributed by atoms with Crippen LogP contribution in [0.2, 0.25) is 0 Å². The van der Waals surface area contributed by atoms with Crippen LogP contribution in [0.25, 0.3) is 5.65 Å². The first-order valence-electron chi connectivity index (χ1n) is 12.3. The molecule has 1 unspecified atom stereocenters. The molecule has 0 amide bonds. The molecule has 0 fully saturated rings. The quantitative estimate of drug-likeness (QED) is 0.251. The standard InChI is InChI=1S/C28H34F2N2O5/c1-7-28(6,14-24(35)37-27(3,4)5)12-11-22(34)25-17(2)31-26-23(13-18(33)15-32(25)26)36-16-19-20(29)9-8-10-21(19)30/h8-10,13,15,33H,7,11-12,14,16H2,1-6H3. The van der Waals surface area contributed by atoms with Crippen molar-refractivity contribution >= 4 is 17.4 Å². The number of fused-ring (bicyclic) bond motifs is 1. The SMILES string of the molecule is CCC(C)(CCC(=O)c1c(C)nc2c(OCc3c(F)cccc3F)cc(O)cn12)CC(=O)OC(C)(C)C. The molecular formula is C28H34F2N2O5. The highest BCUT2D eigenvalue weighted by atomic mass is 19.1. The van der Waals surface area contributed by atoms with Crippen molar-refractivity contribution in [3.05, 3.63) is 59.0 Å². The molecule has 0 radical (unpaired) electrons. The second-order valence-corrected chi connectivity index (χ2v) is 10.6. The Hall–Kier alpha value is -3.49. The molecule has 2 aromatic heterocycles. The van der Waals surface area contributed by atoms with Crippen molar-refractivity contribution in [2.45, 2.75) is 79.4 Å². The molecule has 0 saturated carbocycles. The summed E-state index contributed by atoms with van der Waals surface area (Å²) in [4.78, 5) is 30.1. The van der Waals surface area contributed by atoms with Gasteiger partial charge in [-0.25, -0.2) is 13.8 Å². The average molecular weight is 517 g/mol. The van der Waals surface area contributed by atoms with Crippen molar-refractivity contribution in [1.29, 1.82) is 0 Å². The molecule has 0 aliphatic heterocycles. The second-order valence-electron chi connectivity index (χ2n) is 10.6. The van der Waals surface area contributed by atoms with E-state index in [0.717, 1.165) is 12.1 Å². The zero-order chi connectivity index (χ0) is 27.5. The van der Waals surface area contributed by atoms with Crippen molar-refractivity contribution < 1.29 is 33.0 Å². The normalized spacial score (nSPS) is 13.4. The van der Waals surface area contributed by atoms with E-state index in [0.29, 0.717) is 18.5 Å². The van der Waals surface area contributed by atoms with Crippen LogP contribution in [0.5, 0.6) is 11.5 Å². The fourth-order valence-electron chi connectivity index (χ4n) is 4.13. The Balaban J connectivity index is 1.82. The predicted molar refractivity (Wildman–Crippen MR) is 135 cm³/mol. The average Bonchev–Trinajstić information content (AvgIpc) is 3.11. The molecule has 0 aliphatic rings. The van der Waals surface area contributed by atoms with E-state index in [1.54, 1.807) is 6.92 Å². The Morgan fingerprint density at radius 3 is 2.38 bits per heavy atom. The molecule has 0 spiro atoms. The third-order valence-corrected chi connectivity index (χ3v) is 6.34. The van der Waals surface area contributed by atoms with Crippen molar-refractivity contribution in [2.75, 3.05) is 0 Å². The molecule has 0 aliphatic carbocycles. The summed E-state index contributed by atoms with van der Waals surface area (Å²) in [5.74, 6) is -2.16. The molecule has 0 bridgehead atoms. The number of carbonyl (C=O) groups excluding carboxylic acids is 2. The van der Waals surface area contributed by atoms with Gasteiger partial charge in [0.2, 0.25) is 0 Å². The first kappa shape index (κ1) is 28.1. The number of halogens is 2. The third-order valence-electron chi connectivity index (χ3n) is 6.34. The maximum absolute atomic E-state index is 14.0. The first-order chi connectivity index (χ1) is 17.2. The van der Waals surface area contributed by atoms with Crippen molar-refractivity contribution in [3.63, 3.8) is 0 Å². The number of rotatable bonds is 10. The second kappa shape index (κ2) is 10.9. The lowest BCUT2D eigenvalue weighted by atomic mass is 9.79. The van der Waals surface area contributed by atoms with E-state index in [-0.39, 0.29) is 53.0 Å². The van der Waals surface area contributed by atoms with Crippen LogP contribution in [0.1, 0.15) is 82.0 Å². The molecule has 37 heavy (non-hydrogen) atoms. The zero-order valence-electron chi connectivity index (χ0n) is 22.2. The number of esters is 1. The third kappa shape index (κ3) is 6.84. The first-order valence-corrected chi connectivity index (χ1v) is 12.3. The van der Waals surface area contributed by atoms with Crippen LogP contribution in [0.4, 0.5) is 8.78 Å². The number of aryl methyl sites for hydroxylation is 1. The van der Waals surface area contributed by atoms with Crippen LogP contribution in [0, 0.1) is 24.0 Å². The van der Waals surface area contributed by atoms with Crippen LogP contribution < -0.4 is 4.74 Å². The minimum atomic E-state index is -0.753. The molecular weight excluding hydrogens is 482 g/mol. The van der Waals surface area contributed by atoms with Gasteiger partial charge in [-0.3, -0.25) is 14.0 Å². The molecule has 3 aromatic rings. The minimum absolute atomic E-state index is 0.0770. The molecule has 200 valence electrons. The van der Waals surface area contributed by atoms with E-state index in [1.807, 2.05) is 34.6 Å². The van der Waals surface area contributed by atoms with Gasteiger partial charge in [-0.1, -0.05) is 26.3 Å². The van der Waals surface area contributed by atoms with Crippen molar-refractivity contribution in [3.8, 4) is 11.5 Å². The Morgan fingerprint density at radius 1 is 1.14 bits per heavy atom. The summed E-state index contributed by atoms with van der Waals surface area (Å²) in [5, 5.41) is 10.3. The number of hydrogen-bond donors (Lipinski definition) is 1. The molecule has 1 N–H and O–H groups in total. The molecule has 2 heterocycles. The number of pyridine rings is 1. The van der Waals surface area contributed by atoms with Gasteiger partial charge in [0.05, 0.1) is 23.9 Å². The maximum atomic E-state index is 14.0. The van der Waals surface area contributed by atoms with Crippen LogP contribution >= 0.6 is 0 Å². The van der Waals surface area contributed by atoms with Crippen LogP contribution in [0.3, 0.4) is 0 Å². The number of carbonyl (C=O) groups is 2. The number of aromatic hydroxyl groups is 1. The highest BCUT2D eigenvalue weighted by Crippen LogP contribution is 2.34. The van der Waals surface area contributed by atoms with Gasteiger partial charge in [0.15, 0.2) is 17.2 Å². The topological polar surface area (TPSA) is 90.1 Å².